The van der Waals surface area contributed by atoms with Crippen molar-refractivity contribution < 1.29 is 9.72 Å². The topological polar surface area (TPSA) is 78.7 Å². The zero-order valence-corrected chi connectivity index (χ0v) is 21.4. The van der Waals surface area contributed by atoms with Crippen LogP contribution in [0.4, 0.5) is 17.1 Å². The van der Waals surface area contributed by atoms with Gasteiger partial charge in [0.2, 0.25) is 0 Å². The van der Waals surface area contributed by atoms with Gasteiger partial charge in [-0.2, -0.15) is 0 Å². The minimum atomic E-state index is -0.356. The summed E-state index contributed by atoms with van der Waals surface area (Å²) in [5.41, 5.74) is 4.45. The van der Waals surface area contributed by atoms with Gasteiger partial charge in [-0.3, -0.25) is 14.9 Å². The largest absolute Gasteiger partial charge is 0.373 e. The van der Waals surface area contributed by atoms with E-state index < -0.39 is 0 Å². The molecule has 1 aliphatic rings. The Balaban J connectivity index is 1.44. The number of carbonyl (C=O) groups excluding carboxylic acids is 1. The van der Waals surface area contributed by atoms with Crippen molar-refractivity contribution in [3.05, 3.63) is 99.6 Å². The molecular formula is C29H34N4O3. The van der Waals surface area contributed by atoms with Crippen molar-refractivity contribution >= 4 is 23.0 Å². The third-order valence-electron chi connectivity index (χ3n) is 6.78. The van der Waals surface area contributed by atoms with Gasteiger partial charge in [-0.1, -0.05) is 63.2 Å². The normalized spacial score (nSPS) is 14.9. The van der Waals surface area contributed by atoms with Crippen molar-refractivity contribution in [2.24, 2.45) is 0 Å². The maximum absolute atomic E-state index is 13.1. The highest BCUT2D eigenvalue weighted by molar-refractivity contribution is 5.94. The lowest BCUT2D eigenvalue weighted by molar-refractivity contribution is -0.384. The minimum absolute atomic E-state index is 0.0397. The van der Waals surface area contributed by atoms with E-state index in [1.165, 1.54) is 5.56 Å². The zero-order chi connectivity index (χ0) is 25.9. The Hall–Kier alpha value is -3.87. The predicted molar refractivity (Wildman–Crippen MR) is 145 cm³/mol. The Labute approximate surface area is 212 Å². The minimum Gasteiger partial charge on any atom is -0.373 e. The van der Waals surface area contributed by atoms with Crippen LogP contribution in [0.5, 0.6) is 0 Å². The van der Waals surface area contributed by atoms with Gasteiger partial charge in [-0.15, -0.1) is 0 Å². The van der Waals surface area contributed by atoms with Gasteiger partial charge in [0.1, 0.15) is 5.69 Å². The van der Waals surface area contributed by atoms with Crippen LogP contribution in [-0.4, -0.2) is 41.9 Å². The van der Waals surface area contributed by atoms with Crippen molar-refractivity contribution in [3.8, 4) is 0 Å². The molecule has 0 aromatic heterocycles. The zero-order valence-electron chi connectivity index (χ0n) is 21.4. The molecule has 4 rings (SSSR count). The van der Waals surface area contributed by atoms with E-state index in [9.17, 15) is 14.9 Å². The second-order valence-corrected chi connectivity index (χ2v) is 10.3. The molecule has 1 N–H and O–H groups in total. The smallest absolute Gasteiger partial charge is 0.292 e. The summed E-state index contributed by atoms with van der Waals surface area (Å²) in [5, 5.41) is 15.0. The highest BCUT2D eigenvalue weighted by Crippen LogP contribution is 2.33. The summed E-state index contributed by atoms with van der Waals surface area (Å²) in [4.78, 5) is 28.4. The van der Waals surface area contributed by atoms with E-state index in [4.69, 9.17) is 0 Å². The molecule has 0 unspecified atom stereocenters. The number of nitro benzene ring substituents is 1. The van der Waals surface area contributed by atoms with Crippen molar-refractivity contribution in [2.75, 3.05) is 36.4 Å². The molecule has 188 valence electrons. The van der Waals surface area contributed by atoms with Crippen LogP contribution in [0.2, 0.25) is 0 Å². The third kappa shape index (κ3) is 5.67. The van der Waals surface area contributed by atoms with Crippen LogP contribution in [0.3, 0.4) is 0 Å². The van der Waals surface area contributed by atoms with Gasteiger partial charge in [-0.25, -0.2) is 0 Å². The maximum atomic E-state index is 13.1. The van der Waals surface area contributed by atoms with Gasteiger partial charge in [-0.05, 0) is 47.7 Å². The number of carbonyl (C=O) groups is 1. The average Bonchev–Trinajstić information content (AvgIpc) is 2.88. The van der Waals surface area contributed by atoms with Crippen LogP contribution >= 0.6 is 0 Å². The molecule has 0 aliphatic carbocycles. The van der Waals surface area contributed by atoms with Crippen molar-refractivity contribution in [3.63, 3.8) is 0 Å². The van der Waals surface area contributed by atoms with Gasteiger partial charge < -0.3 is 15.1 Å². The van der Waals surface area contributed by atoms with Crippen LogP contribution in [0.25, 0.3) is 0 Å². The van der Waals surface area contributed by atoms with E-state index in [-0.39, 0.29) is 28.0 Å². The summed E-state index contributed by atoms with van der Waals surface area (Å²) in [6.45, 7) is 11.0. The monoisotopic (exact) mass is 486 g/mol. The van der Waals surface area contributed by atoms with Crippen molar-refractivity contribution in [1.82, 2.24) is 4.90 Å². The Kier molecular flexibility index (Phi) is 7.29. The number of nitrogens with zero attached hydrogens (tertiary/aromatic N) is 3. The van der Waals surface area contributed by atoms with E-state index in [1.54, 1.807) is 12.1 Å². The Morgan fingerprint density at radius 2 is 1.58 bits per heavy atom. The fourth-order valence-corrected chi connectivity index (χ4v) is 4.52. The number of anilines is 2. The van der Waals surface area contributed by atoms with Crippen LogP contribution in [0, 0.1) is 10.1 Å². The molecule has 7 heteroatoms. The number of hydrogen-bond donors (Lipinski definition) is 1. The second kappa shape index (κ2) is 10.4. The first-order valence-corrected chi connectivity index (χ1v) is 12.4. The molecule has 0 bridgehead atoms. The standard InChI is InChI=1S/C29H34N4O3/c1-21(22-8-6-5-7-9-22)30-26-20-25(14-15-27(26)33(35)36)31-16-18-32(19-17-31)28(34)23-10-12-24(13-11-23)29(2,3)4/h5-15,20-21,30H,16-19H2,1-4H3/t21-/m0/s1. The van der Waals surface area contributed by atoms with Crippen LogP contribution < -0.4 is 10.2 Å². The van der Waals surface area contributed by atoms with Gasteiger partial charge >= 0.3 is 0 Å². The lowest BCUT2D eigenvalue weighted by Crippen LogP contribution is -2.48. The first-order valence-electron chi connectivity index (χ1n) is 12.4. The number of amides is 1. The number of rotatable bonds is 6. The maximum Gasteiger partial charge on any atom is 0.292 e. The molecule has 1 aliphatic heterocycles. The summed E-state index contributed by atoms with van der Waals surface area (Å²) < 4.78 is 0. The van der Waals surface area contributed by atoms with Crippen molar-refractivity contribution in [1.29, 1.82) is 0 Å². The van der Waals surface area contributed by atoms with E-state index >= 15 is 0 Å². The van der Waals surface area contributed by atoms with Crippen LogP contribution in [0.15, 0.2) is 72.8 Å². The molecule has 1 saturated heterocycles. The summed E-state index contributed by atoms with van der Waals surface area (Å²) >= 11 is 0. The molecule has 1 amide bonds. The molecule has 0 saturated carbocycles. The first-order chi connectivity index (χ1) is 17.1. The third-order valence-corrected chi connectivity index (χ3v) is 6.78. The van der Waals surface area contributed by atoms with Gasteiger partial charge in [0.05, 0.1) is 4.92 Å². The van der Waals surface area contributed by atoms with Gasteiger partial charge in [0.15, 0.2) is 0 Å². The number of nitro groups is 1. The first kappa shape index (κ1) is 25.2. The number of nitrogens with one attached hydrogen (secondary N) is 1. The summed E-state index contributed by atoms with van der Waals surface area (Å²) in [6, 6.07) is 22.9. The average molecular weight is 487 g/mol. The molecule has 1 heterocycles. The molecule has 1 fully saturated rings. The highest BCUT2D eigenvalue weighted by atomic mass is 16.6. The second-order valence-electron chi connectivity index (χ2n) is 10.3. The van der Waals surface area contributed by atoms with E-state index in [1.807, 2.05) is 72.5 Å². The van der Waals surface area contributed by atoms with E-state index in [0.717, 1.165) is 11.3 Å². The molecule has 3 aromatic carbocycles. The lowest BCUT2D eigenvalue weighted by atomic mass is 9.86. The molecule has 3 aromatic rings. The van der Waals surface area contributed by atoms with Crippen LogP contribution in [-0.2, 0) is 5.41 Å². The molecule has 1 atom stereocenters. The highest BCUT2D eigenvalue weighted by Gasteiger charge is 2.25. The molecular weight excluding hydrogens is 452 g/mol. The Morgan fingerprint density at radius 3 is 2.17 bits per heavy atom. The summed E-state index contributed by atoms with van der Waals surface area (Å²) in [7, 11) is 0. The molecule has 7 nitrogen and oxygen atoms in total. The number of hydrogen-bond acceptors (Lipinski definition) is 5. The van der Waals surface area contributed by atoms with Gasteiger partial charge in [0.25, 0.3) is 11.6 Å². The summed E-state index contributed by atoms with van der Waals surface area (Å²) in [5.74, 6) is 0.0397. The number of piperazine rings is 1. The Bertz CT molecular complexity index is 1210. The van der Waals surface area contributed by atoms with Crippen LogP contribution in [0.1, 0.15) is 55.2 Å². The fourth-order valence-electron chi connectivity index (χ4n) is 4.52. The molecule has 0 radical (unpaired) electrons. The summed E-state index contributed by atoms with van der Waals surface area (Å²) in [6.07, 6.45) is 0. The Morgan fingerprint density at radius 1 is 0.944 bits per heavy atom. The van der Waals surface area contributed by atoms with Gasteiger partial charge in [0, 0.05) is 49.5 Å². The lowest BCUT2D eigenvalue weighted by Gasteiger charge is -2.36. The van der Waals surface area contributed by atoms with E-state index in [2.05, 4.69) is 31.0 Å². The number of benzene rings is 3. The fraction of sp³-hybridized carbons (Fsp3) is 0.345. The molecule has 36 heavy (non-hydrogen) atoms. The SMILES string of the molecule is C[C@H](Nc1cc(N2CCN(C(=O)c3ccc(C(C)(C)C)cc3)CC2)ccc1[N+](=O)[O-])c1ccccc1. The predicted octanol–water partition coefficient (Wildman–Crippen LogP) is 6.03. The molecule has 0 spiro atoms. The quantitative estimate of drug-likeness (QED) is 0.340. The van der Waals surface area contributed by atoms with Crippen molar-refractivity contribution in [2.45, 2.75) is 39.2 Å². The van der Waals surface area contributed by atoms with E-state index in [0.29, 0.717) is 37.4 Å².